The molecule has 6 nitrogen and oxygen atoms in total. The molecule has 65 heavy (non-hydrogen) atoms. The fourth-order valence-electron chi connectivity index (χ4n) is 12.5. The van der Waals surface area contributed by atoms with Crippen LogP contribution in [-0.4, -0.2) is 60.4 Å². The van der Waals surface area contributed by atoms with Crippen molar-refractivity contribution < 1.29 is 0 Å². The highest BCUT2D eigenvalue weighted by atomic mass is 15.3. The maximum Gasteiger partial charge on any atom is 0.254 e. The lowest BCUT2D eigenvalue weighted by Crippen LogP contribution is -2.49. The standard InChI is InChI=1S/C57H42B2N6/c1-60-31-49-37-13-5-3-11-35(37)43-27-47-39-15-7-9-17-51(39)58(53(47)29-45(43)49)33-19-21-41-42-22-20-34(26-56(42)65(55(41)25-33)57-62-23-24-63-64-57)59-52-18-10-8-16-40(52)48-28-44-36-12-4-6-14-38(36)50(32-61-2)46(44)30-54(48)59/h3-30,49-50,60-61H,31-32H2,1-2H3. The SMILES string of the molecule is CNCC1c2ccccc2-c2cc3c(cc21)B(c1ccc2c4ccc(B5c6ccccc6-c6cc7c(cc65)C(CNC)c5ccccc5-7)cc4n(-c4nccnn4)c2c1)c1ccccc1-3. The zero-order valence-corrected chi connectivity index (χ0v) is 36.2. The molecule has 2 aliphatic heterocycles. The van der Waals surface area contributed by atoms with Gasteiger partial charge in [0.05, 0.1) is 23.4 Å². The molecule has 2 atom stereocenters. The van der Waals surface area contributed by atoms with Crippen molar-refractivity contribution in [2.24, 2.45) is 0 Å². The average molecular weight is 833 g/mol. The van der Waals surface area contributed by atoms with Crippen molar-refractivity contribution in [2.75, 3.05) is 27.2 Å². The molecule has 0 spiro atoms. The summed E-state index contributed by atoms with van der Waals surface area (Å²) in [6, 6.07) is 60.1. The van der Waals surface area contributed by atoms with Crippen molar-refractivity contribution in [2.45, 2.75) is 11.8 Å². The summed E-state index contributed by atoms with van der Waals surface area (Å²) in [6.45, 7) is 1.92. The first-order valence-electron chi connectivity index (χ1n) is 22.9. The highest BCUT2D eigenvalue weighted by Crippen LogP contribution is 2.48. The van der Waals surface area contributed by atoms with E-state index < -0.39 is 0 Å². The normalized spacial score (nSPS) is 15.7. The smallest absolute Gasteiger partial charge is 0.254 e. The van der Waals surface area contributed by atoms with Gasteiger partial charge in [-0.15, -0.1) is 5.10 Å². The van der Waals surface area contributed by atoms with Gasteiger partial charge in [0.25, 0.3) is 5.95 Å². The van der Waals surface area contributed by atoms with Crippen molar-refractivity contribution >= 4 is 68.0 Å². The lowest BCUT2D eigenvalue weighted by molar-refractivity contribution is 0.720. The molecule has 0 saturated carbocycles. The molecule has 2 unspecified atom stereocenters. The van der Waals surface area contributed by atoms with E-state index in [1.807, 2.05) is 0 Å². The Hall–Kier alpha value is -7.38. The van der Waals surface area contributed by atoms with Crippen LogP contribution in [0.4, 0.5) is 0 Å². The van der Waals surface area contributed by atoms with E-state index in [0.29, 0.717) is 17.8 Å². The molecular weight excluding hydrogens is 790 g/mol. The van der Waals surface area contributed by atoms with Gasteiger partial charge in [-0.2, -0.15) is 5.10 Å². The third kappa shape index (κ3) is 5.18. The van der Waals surface area contributed by atoms with Crippen LogP contribution < -0.4 is 43.4 Å². The molecular formula is C57H42B2N6. The zero-order valence-electron chi connectivity index (χ0n) is 36.2. The van der Waals surface area contributed by atoms with E-state index in [1.165, 1.54) is 110 Å². The van der Waals surface area contributed by atoms with Gasteiger partial charge in [0.1, 0.15) is 0 Å². The van der Waals surface area contributed by atoms with Crippen LogP contribution in [0.15, 0.2) is 170 Å². The third-order valence-electron chi connectivity index (χ3n) is 15.2. The van der Waals surface area contributed by atoms with Crippen molar-refractivity contribution in [1.29, 1.82) is 0 Å². The van der Waals surface area contributed by atoms with Crippen molar-refractivity contribution in [3.05, 3.63) is 192 Å². The largest absolute Gasteiger partial charge is 0.319 e. The summed E-state index contributed by atoms with van der Waals surface area (Å²) in [4.78, 5) is 4.87. The second-order valence-corrected chi connectivity index (χ2v) is 18.3. The highest BCUT2D eigenvalue weighted by molar-refractivity contribution is 7.00. The highest BCUT2D eigenvalue weighted by Gasteiger charge is 2.40. The van der Waals surface area contributed by atoms with Gasteiger partial charge in [-0.1, -0.05) is 166 Å². The molecule has 0 amide bonds. The van der Waals surface area contributed by atoms with Crippen LogP contribution in [0.3, 0.4) is 0 Å². The Kier molecular flexibility index (Phi) is 8.01. The van der Waals surface area contributed by atoms with Crippen molar-refractivity contribution in [3.8, 4) is 50.5 Å². The molecule has 8 aromatic carbocycles. The average Bonchev–Trinajstić information content (AvgIpc) is 4.12. The fourth-order valence-corrected chi connectivity index (χ4v) is 12.5. The van der Waals surface area contributed by atoms with E-state index in [2.05, 4.69) is 197 Å². The zero-order chi connectivity index (χ0) is 42.9. The maximum absolute atomic E-state index is 4.87. The van der Waals surface area contributed by atoms with E-state index in [9.17, 15) is 0 Å². The molecule has 4 aliphatic rings. The van der Waals surface area contributed by atoms with E-state index >= 15 is 0 Å². The van der Waals surface area contributed by atoms with Crippen LogP contribution in [-0.2, 0) is 0 Å². The van der Waals surface area contributed by atoms with Gasteiger partial charge in [0.15, 0.2) is 0 Å². The number of hydrogen-bond donors (Lipinski definition) is 2. The number of nitrogens with zero attached hydrogens (tertiary/aromatic N) is 4. The van der Waals surface area contributed by atoms with Crippen LogP contribution >= 0.6 is 0 Å². The van der Waals surface area contributed by atoms with Gasteiger partial charge in [0, 0.05) is 35.7 Å². The summed E-state index contributed by atoms with van der Waals surface area (Å²) in [6.07, 6.45) is 3.41. The summed E-state index contributed by atoms with van der Waals surface area (Å²) >= 11 is 0. The van der Waals surface area contributed by atoms with E-state index in [-0.39, 0.29) is 13.4 Å². The van der Waals surface area contributed by atoms with Crippen LogP contribution in [0.25, 0.3) is 72.3 Å². The Bertz CT molecular complexity index is 3420. The van der Waals surface area contributed by atoms with Gasteiger partial charge in [-0.05, 0) is 105 Å². The molecule has 0 saturated heterocycles. The lowest BCUT2D eigenvalue weighted by Gasteiger charge is -2.17. The summed E-state index contributed by atoms with van der Waals surface area (Å²) in [5, 5.41) is 18.4. The summed E-state index contributed by atoms with van der Waals surface area (Å²) in [5.41, 5.74) is 26.4. The Morgan fingerprint density at radius 3 is 1.40 bits per heavy atom. The first kappa shape index (κ1) is 37.0. The summed E-state index contributed by atoms with van der Waals surface area (Å²) < 4.78 is 2.25. The number of likely N-dealkylation sites (N-methyl/N-ethyl adjacent to an activating group) is 2. The quantitative estimate of drug-likeness (QED) is 0.177. The fraction of sp³-hybridized carbons (Fsp3) is 0.105. The molecule has 10 aromatic rings. The number of hydrogen-bond acceptors (Lipinski definition) is 5. The molecule has 8 heteroatoms. The molecule has 2 N–H and O–H groups in total. The van der Waals surface area contributed by atoms with Crippen LogP contribution in [0.5, 0.6) is 0 Å². The first-order valence-corrected chi connectivity index (χ1v) is 22.9. The lowest BCUT2D eigenvalue weighted by atomic mass is 9.38. The Morgan fingerprint density at radius 2 is 0.923 bits per heavy atom. The Balaban J connectivity index is 0.955. The molecule has 0 bridgehead atoms. The van der Waals surface area contributed by atoms with Gasteiger partial charge in [-0.3, -0.25) is 4.57 Å². The number of fused-ring (bicyclic) bond motifs is 15. The van der Waals surface area contributed by atoms with Crippen LogP contribution in [0, 0.1) is 0 Å². The molecule has 306 valence electrons. The Labute approximate surface area is 378 Å². The number of benzene rings is 8. The number of aromatic nitrogens is 4. The summed E-state index contributed by atoms with van der Waals surface area (Å²) in [7, 11) is 4.12. The maximum atomic E-state index is 4.87. The topological polar surface area (TPSA) is 67.7 Å². The van der Waals surface area contributed by atoms with E-state index in [4.69, 9.17) is 4.98 Å². The predicted octanol–water partition coefficient (Wildman–Crippen LogP) is 6.63. The molecule has 4 heterocycles. The Morgan fingerprint density at radius 1 is 0.446 bits per heavy atom. The van der Waals surface area contributed by atoms with Crippen molar-refractivity contribution in [3.63, 3.8) is 0 Å². The second kappa shape index (κ2) is 14.1. The third-order valence-corrected chi connectivity index (χ3v) is 15.2. The monoisotopic (exact) mass is 832 g/mol. The van der Waals surface area contributed by atoms with E-state index in [0.717, 1.165) is 24.1 Å². The van der Waals surface area contributed by atoms with E-state index in [1.54, 1.807) is 12.4 Å². The first-order chi connectivity index (χ1) is 32.2. The molecule has 14 rings (SSSR count). The second-order valence-electron chi connectivity index (χ2n) is 18.3. The van der Waals surface area contributed by atoms with Crippen molar-refractivity contribution in [1.82, 2.24) is 30.4 Å². The number of nitrogens with one attached hydrogen (secondary N) is 2. The minimum absolute atomic E-state index is 0.0674. The van der Waals surface area contributed by atoms with Gasteiger partial charge < -0.3 is 10.6 Å². The van der Waals surface area contributed by atoms with Gasteiger partial charge in [-0.25, -0.2) is 4.98 Å². The molecule has 2 aliphatic carbocycles. The minimum atomic E-state index is 0.0674. The van der Waals surface area contributed by atoms with Crippen LogP contribution in [0.2, 0.25) is 0 Å². The predicted molar refractivity (Wildman–Crippen MR) is 270 cm³/mol. The summed E-state index contributed by atoms with van der Waals surface area (Å²) in [5.74, 6) is 1.17. The van der Waals surface area contributed by atoms with Gasteiger partial charge >= 0.3 is 0 Å². The minimum Gasteiger partial charge on any atom is -0.319 e. The number of rotatable bonds is 7. The van der Waals surface area contributed by atoms with Crippen LogP contribution in [0.1, 0.15) is 34.1 Å². The molecule has 0 radical (unpaired) electrons. The molecule has 0 fully saturated rings. The molecule has 2 aromatic heterocycles. The van der Waals surface area contributed by atoms with Gasteiger partial charge in [0.2, 0.25) is 13.4 Å².